The van der Waals surface area contributed by atoms with E-state index in [1.54, 1.807) is 30.5 Å². The first-order valence-electron chi connectivity index (χ1n) is 7.89. The number of amides is 3. The fraction of sp³-hybridized carbons (Fsp3) is 0.111. The number of urea groups is 1. The smallest absolute Gasteiger partial charge is 0.319 e. The highest BCUT2D eigenvalue weighted by atomic mass is 35.5. The lowest BCUT2D eigenvalue weighted by molar-refractivity contribution is -0.106. The average Bonchev–Trinajstić information content (AvgIpc) is 2.66. The van der Waals surface area contributed by atoms with Crippen LogP contribution in [-0.2, 0) is 4.79 Å². The van der Waals surface area contributed by atoms with Gasteiger partial charge >= 0.3 is 6.03 Å². The first kappa shape index (κ1) is 18.9. The molecule has 0 saturated carbocycles. The fourth-order valence-corrected chi connectivity index (χ4v) is 3.23. The van der Waals surface area contributed by atoms with Gasteiger partial charge in [-0.05, 0) is 24.6 Å². The van der Waals surface area contributed by atoms with E-state index >= 15 is 0 Å². The standard InChI is InChI=1S/C18H15Cl2N5O2/c1-10-8-23-15-11(14(10)24-18(27)21-2)4-3-5-13(15)25(9-26)16-12(19)6-7-22-17(16)20/h3-9H,1-2H3,(H2,21,23,24,27). The minimum atomic E-state index is -0.360. The molecule has 0 bridgehead atoms. The summed E-state index contributed by atoms with van der Waals surface area (Å²) in [4.78, 5) is 33.4. The Morgan fingerprint density at radius 1 is 1.22 bits per heavy atom. The number of carbonyl (C=O) groups is 2. The van der Waals surface area contributed by atoms with Crippen molar-refractivity contribution in [2.45, 2.75) is 6.92 Å². The fourth-order valence-electron chi connectivity index (χ4n) is 2.69. The number of aromatic nitrogens is 2. The normalized spacial score (nSPS) is 10.5. The van der Waals surface area contributed by atoms with Crippen molar-refractivity contribution in [1.29, 1.82) is 0 Å². The van der Waals surface area contributed by atoms with Gasteiger partial charge in [0.2, 0.25) is 6.41 Å². The Bertz CT molecular complexity index is 1020. The SMILES string of the molecule is CNC(=O)Nc1c(C)cnc2c(N(C=O)c3c(Cl)ccnc3Cl)cccc12. The molecule has 0 aliphatic carbocycles. The van der Waals surface area contributed by atoms with E-state index in [1.807, 2.05) is 6.92 Å². The summed E-state index contributed by atoms with van der Waals surface area (Å²) in [7, 11) is 1.53. The second-order valence-electron chi connectivity index (χ2n) is 5.60. The molecule has 0 atom stereocenters. The van der Waals surface area contributed by atoms with Crippen molar-refractivity contribution in [3.05, 3.63) is 52.4 Å². The average molecular weight is 404 g/mol. The van der Waals surface area contributed by atoms with Crippen LogP contribution in [0.1, 0.15) is 5.56 Å². The largest absolute Gasteiger partial charge is 0.341 e. The van der Waals surface area contributed by atoms with Crippen molar-refractivity contribution in [2.75, 3.05) is 17.3 Å². The van der Waals surface area contributed by atoms with Crippen LogP contribution in [0, 0.1) is 6.92 Å². The molecule has 2 N–H and O–H groups in total. The summed E-state index contributed by atoms with van der Waals surface area (Å²) >= 11 is 12.4. The van der Waals surface area contributed by atoms with Crippen LogP contribution in [0.25, 0.3) is 10.9 Å². The van der Waals surface area contributed by atoms with Gasteiger partial charge in [-0.3, -0.25) is 14.7 Å². The molecule has 2 aromatic heterocycles. The van der Waals surface area contributed by atoms with Crippen molar-refractivity contribution in [3.63, 3.8) is 0 Å². The number of hydrogen-bond donors (Lipinski definition) is 2. The summed E-state index contributed by atoms with van der Waals surface area (Å²) in [6.45, 7) is 1.83. The molecule has 2 heterocycles. The quantitative estimate of drug-likeness (QED) is 0.502. The Balaban J connectivity index is 2.24. The van der Waals surface area contributed by atoms with Crippen LogP contribution in [0.4, 0.5) is 21.9 Å². The van der Waals surface area contributed by atoms with Gasteiger partial charge in [0, 0.05) is 24.8 Å². The molecule has 7 nitrogen and oxygen atoms in total. The molecule has 0 aliphatic heterocycles. The van der Waals surface area contributed by atoms with Crippen molar-refractivity contribution in [3.8, 4) is 0 Å². The lowest BCUT2D eigenvalue weighted by Gasteiger charge is -2.21. The highest BCUT2D eigenvalue weighted by Gasteiger charge is 2.20. The third-order valence-corrected chi connectivity index (χ3v) is 4.55. The Labute approximate surface area is 165 Å². The van der Waals surface area contributed by atoms with Gasteiger partial charge in [0.1, 0.15) is 5.69 Å². The molecule has 1 aromatic carbocycles. The summed E-state index contributed by atoms with van der Waals surface area (Å²) in [5, 5.41) is 6.33. The molecule has 0 radical (unpaired) electrons. The van der Waals surface area contributed by atoms with Crippen LogP contribution in [0.5, 0.6) is 0 Å². The molecule has 3 rings (SSSR count). The number of fused-ring (bicyclic) bond motifs is 1. The van der Waals surface area contributed by atoms with Crippen LogP contribution in [0.3, 0.4) is 0 Å². The summed E-state index contributed by atoms with van der Waals surface area (Å²) < 4.78 is 0. The Morgan fingerprint density at radius 3 is 2.67 bits per heavy atom. The van der Waals surface area contributed by atoms with Crippen LogP contribution >= 0.6 is 23.2 Å². The van der Waals surface area contributed by atoms with E-state index < -0.39 is 0 Å². The van der Waals surface area contributed by atoms with Crippen molar-refractivity contribution >= 4 is 63.6 Å². The van der Waals surface area contributed by atoms with Gasteiger partial charge in [-0.25, -0.2) is 9.78 Å². The minimum Gasteiger partial charge on any atom is -0.341 e. The predicted molar refractivity (Wildman–Crippen MR) is 107 cm³/mol. The van der Waals surface area contributed by atoms with E-state index in [-0.39, 0.29) is 21.9 Å². The second-order valence-corrected chi connectivity index (χ2v) is 6.37. The molecule has 0 fully saturated rings. The van der Waals surface area contributed by atoms with Crippen molar-refractivity contribution in [2.24, 2.45) is 0 Å². The van der Waals surface area contributed by atoms with Crippen LogP contribution in [0.2, 0.25) is 10.2 Å². The molecular weight excluding hydrogens is 389 g/mol. The number of anilines is 3. The summed E-state index contributed by atoms with van der Waals surface area (Å²) in [5.41, 5.74) is 2.58. The van der Waals surface area contributed by atoms with Gasteiger partial charge < -0.3 is 10.6 Å². The van der Waals surface area contributed by atoms with Crippen LogP contribution < -0.4 is 15.5 Å². The molecule has 0 saturated heterocycles. The maximum Gasteiger partial charge on any atom is 0.319 e. The van der Waals surface area contributed by atoms with Gasteiger partial charge in [0.15, 0.2) is 5.15 Å². The number of nitrogens with zero attached hydrogens (tertiary/aromatic N) is 3. The zero-order valence-electron chi connectivity index (χ0n) is 14.5. The zero-order chi connectivity index (χ0) is 19.6. The topological polar surface area (TPSA) is 87.2 Å². The Hall–Kier alpha value is -2.90. The lowest BCUT2D eigenvalue weighted by Crippen LogP contribution is -2.25. The van der Waals surface area contributed by atoms with Gasteiger partial charge in [0.25, 0.3) is 0 Å². The van der Waals surface area contributed by atoms with E-state index in [4.69, 9.17) is 23.2 Å². The van der Waals surface area contributed by atoms with E-state index in [0.717, 1.165) is 5.56 Å². The molecule has 0 spiro atoms. The molecule has 138 valence electrons. The summed E-state index contributed by atoms with van der Waals surface area (Å²) in [5.74, 6) is 0. The molecule has 3 amide bonds. The predicted octanol–water partition coefficient (Wildman–Crippen LogP) is 4.29. The maximum atomic E-state index is 11.9. The van der Waals surface area contributed by atoms with E-state index in [1.165, 1.54) is 18.1 Å². The Kier molecular flexibility index (Phi) is 5.43. The number of benzene rings is 1. The number of pyridine rings is 2. The number of nitrogens with one attached hydrogen (secondary N) is 2. The van der Waals surface area contributed by atoms with Gasteiger partial charge in [-0.2, -0.15) is 0 Å². The highest BCUT2D eigenvalue weighted by molar-refractivity contribution is 6.39. The van der Waals surface area contributed by atoms with Gasteiger partial charge in [0.05, 0.1) is 21.9 Å². The lowest BCUT2D eigenvalue weighted by atomic mass is 10.1. The first-order chi connectivity index (χ1) is 13.0. The molecule has 27 heavy (non-hydrogen) atoms. The van der Waals surface area contributed by atoms with Crippen molar-refractivity contribution in [1.82, 2.24) is 15.3 Å². The zero-order valence-corrected chi connectivity index (χ0v) is 16.0. The number of hydrogen-bond acceptors (Lipinski definition) is 4. The maximum absolute atomic E-state index is 11.9. The van der Waals surface area contributed by atoms with Crippen LogP contribution in [0.15, 0.2) is 36.7 Å². The number of rotatable bonds is 4. The highest BCUT2D eigenvalue weighted by Crippen LogP contribution is 2.39. The monoisotopic (exact) mass is 403 g/mol. The van der Waals surface area contributed by atoms with Crippen LogP contribution in [-0.4, -0.2) is 29.5 Å². The van der Waals surface area contributed by atoms with Gasteiger partial charge in [-0.15, -0.1) is 0 Å². The van der Waals surface area contributed by atoms with Gasteiger partial charge in [-0.1, -0.05) is 35.3 Å². The molecule has 3 aromatic rings. The number of aryl methyl sites for hydroxylation is 1. The molecule has 9 heteroatoms. The molecule has 0 unspecified atom stereocenters. The van der Waals surface area contributed by atoms with Crippen molar-refractivity contribution < 1.29 is 9.59 Å². The van der Waals surface area contributed by atoms with E-state index in [9.17, 15) is 9.59 Å². The molecule has 0 aliphatic rings. The second kappa shape index (κ2) is 7.77. The Morgan fingerprint density at radius 2 is 2.00 bits per heavy atom. The first-order valence-corrected chi connectivity index (χ1v) is 8.65. The third-order valence-electron chi connectivity index (χ3n) is 3.97. The van der Waals surface area contributed by atoms with E-state index in [0.29, 0.717) is 28.7 Å². The number of para-hydroxylation sites is 1. The third kappa shape index (κ3) is 3.51. The number of carbonyl (C=O) groups excluding carboxylic acids is 2. The minimum absolute atomic E-state index is 0.0856. The number of halogens is 2. The van der Waals surface area contributed by atoms with E-state index in [2.05, 4.69) is 20.6 Å². The summed E-state index contributed by atoms with van der Waals surface area (Å²) in [6, 6.07) is 6.45. The summed E-state index contributed by atoms with van der Waals surface area (Å²) in [6.07, 6.45) is 3.66. The molecular formula is C18H15Cl2N5O2.